The number of thiazole rings is 1. The van der Waals surface area contributed by atoms with Crippen LogP contribution in [0.4, 0.5) is 18.3 Å². The number of carbonyl (C=O) groups excluding carboxylic acids is 1. The van der Waals surface area contributed by atoms with Crippen molar-refractivity contribution >= 4 is 44.2 Å². The molecule has 0 N–H and O–H groups in total. The van der Waals surface area contributed by atoms with E-state index < -0.39 is 17.6 Å². The van der Waals surface area contributed by atoms with Gasteiger partial charge in [-0.15, -0.1) is 0 Å². The van der Waals surface area contributed by atoms with Crippen molar-refractivity contribution in [2.24, 2.45) is 0 Å². The molecule has 0 bridgehead atoms. The molecule has 11 heteroatoms. The molecule has 0 atom stereocenters. The van der Waals surface area contributed by atoms with Crippen LogP contribution in [0.1, 0.15) is 22.3 Å². The number of hydrogen-bond donors (Lipinski definition) is 0. The van der Waals surface area contributed by atoms with Gasteiger partial charge in [-0.05, 0) is 42.8 Å². The predicted molar refractivity (Wildman–Crippen MR) is 121 cm³/mol. The Bertz CT molecular complexity index is 1260. The van der Waals surface area contributed by atoms with Crippen LogP contribution in [0.15, 0.2) is 55.1 Å². The number of alkyl halides is 3. The smallest absolute Gasteiger partial charge is 0.416 e. The Balaban J connectivity index is 1.68. The number of imidazole rings is 1. The molecule has 6 nitrogen and oxygen atoms in total. The van der Waals surface area contributed by atoms with Crippen molar-refractivity contribution in [1.82, 2.24) is 14.5 Å². The van der Waals surface area contributed by atoms with Crippen LogP contribution in [-0.2, 0) is 12.7 Å². The third-order valence-electron chi connectivity index (χ3n) is 4.96. The first-order valence-electron chi connectivity index (χ1n) is 9.86. The lowest BCUT2D eigenvalue weighted by Gasteiger charge is -2.20. The normalized spacial score (nSPS) is 11.7. The summed E-state index contributed by atoms with van der Waals surface area (Å²) in [6.07, 6.45) is 1.23. The zero-order valence-electron chi connectivity index (χ0n) is 17.3. The number of carbonyl (C=O) groups is 1. The molecule has 0 fully saturated rings. The Labute approximate surface area is 196 Å². The first kappa shape index (κ1) is 23.1. The van der Waals surface area contributed by atoms with Crippen LogP contribution in [0.3, 0.4) is 0 Å². The van der Waals surface area contributed by atoms with E-state index in [9.17, 15) is 18.0 Å². The molecule has 33 heavy (non-hydrogen) atoms. The second kappa shape index (κ2) is 9.40. The lowest BCUT2D eigenvalue weighted by Crippen LogP contribution is -2.32. The summed E-state index contributed by atoms with van der Waals surface area (Å²) in [4.78, 5) is 23.4. The molecular formula is C22H18ClF3N4O2S. The summed E-state index contributed by atoms with van der Waals surface area (Å²) in [5.74, 6) is 0.0562. The van der Waals surface area contributed by atoms with Crippen molar-refractivity contribution < 1.29 is 22.7 Å². The molecule has 0 saturated heterocycles. The van der Waals surface area contributed by atoms with Gasteiger partial charge in [-0.2, -0.15) is 13.2 Å². The van der Waals surface area contributed by atoms with Crippen LogP contribution in [0.2, 0.25) is 5.02 Å². The topological polar surface area (TPSA) is 60.2 Å². The zero-order valence-corrected chi connectivity index (χ0v) is 18.9. The molecule has 4 rings (SSSR count). The van der Waals surface area contributed by atoms with Crippen molar-refractivity contribution in [3.8, 4) is 5.75 Å². The molecule has 0 unspecified atom stereocenters. The van der Waals surface area contributed by atoms with Gasteiger partial charge in [0.1, 0.15) is 11.3 Å². The first-order chi connectivity index (χ1) is 15.8. The van der Waals surface area contributed by atoms with Gasteiger partial charge in [0, 0.05) is 31.0 Å². The van der Waals surface area contributed by atoms with Crippen molar-refractivity contribution in [3.05, 3.63) is 71.3 Å². The second-order valence-corrected chi connectivity index (χ2v) is 8.49. The number of fused-ring (bicyclic) bond motifs is 1. The van der Waals surface area contributed by atoms with Crippen molar-refractivity contribution in [2.75, 3.05) is 18.6 Å². The highest BCUT2D eigenvalue weighted by atomic mass is 35.5. The molecule has 0 aliphatic carbocycles. The monoisotopic (exact) mass is 494 g/mol. The lowest BCUT2D eigenvalue weighted by atomic mass is 10.1. The molecule has 2 aromatic carbocycles. The van der Waals surface area contributed by atoms with Crippen LogP contribution in [-0.4, -0.2) is 34.1 Å². The quantitative estimate of drug-likeness (QED) is 0.320. The first-order valence-corrected chi connectivity index (χ1v) is 11.1. The molecule has 4 aromatic rings. The maximum atomic E-state index is 13.3. The SMILES string of the molecule is COc1ccc(Cl)c2sc(N(CCCn3ccnc3)C(=O)c3ccc(C(F)(F)F)cc3)nc12. The number of anilines is 1. The fourth-order valence-corrected chi connectivity index (χ4v) is 4.57. The number of aromatic nitrogens is 3. The minimum absolute atomic E-state index is 0.128. The van der Waals surface area contributed by atoms with Crippen molar-refractivity contribution in [2.45, 2.75) is 19.1 Å². The van der Waals surface area contributed by atoms with Crippen LogP contribution in [0.25, 0.3) is 10.2 Å². The van der Waals surface area contributed by atoms with E-state index in [0.29, 0.717) is 39.1 Å². The highest BCUT2D eigenvalue weighted by Gasteiger charge is 2.31. The molecule has 0 saturated carbocycles. The molecule has 2 aromatic heterocycles. The van der Waals surface area contributed by atoms with Gasteiger partial charge in [0.2, 0.25) is 0 Å². The van der Waals surface area contributed by atoms with Gasteiger partial charge in [-0.3, -0.25) is 9.69 Å². The van der Waals surface area contributed by atoms with E-state index >= 15 is 0 Å². The largest absolute Gasteiger partial charge is 0.494 e. The Kier molecular flexibility index (Phi) is 6.57. The molecule has 1 amide bonds. The molecule has 0 radical (unpaired) electrons. The molecule has 0 aliphatic heterocycles. The van der Waals surface area contributed by atoms with E-state index in [1.807, 2.05) is 10.8 Å². The third-order valence-corrected chi connectivity index (χ3v) is 6.50. The van der Waals surface area contributed by atoms with Crippen molar-refractivity contribution in [1.29, 1.82) is 0 Å². The summed E-state index contributed by atoms with van der Waals surface area (Å²) >= 11 is 7.55. The second-order valence-electron chi connectivity index (χ2n) is 7.11. The minimum Gasteiger partial charge on any atom is -0.494 e. The summed E-state index contributed by atoms with van der Waals surface area (Å²) in [6, 6.07) is 7.52. The third kappa shape index (κ3) is 4.96. The number of nitrogens with zero attached hydrogens (tertiary/aromatic N) is 4. The number of amides is 1. The fourth-order valence-electron chi connectivity index (χ4n) is 3.29. The average Bonchev–Trinajstić information content (AvgIpc) is 3.47. The van der Waals surface area contributed by atoms with Gasteiger partial charge in [0.25, 0.3) is 5.91 Å². The molecular weight excluding hydrogens is 477 g/mol. The summed E-state index contributed by atoms with van der Waals surface area (Å²) < 4.78 is 46.7. The highest BCUT2D eigenvalue weighted by molar-refractivity contribution is 7.23. The number of halogens is 4. The van der Waals surface area contributed by atoms with E-state index in [1.54, 1.807) is 24.7 Å². The number of benzene rings is 2. The van der Waals surface area contributed by atoms with Crippen LogP contribution in [0.5, 0.6) is 5.75 Å². The van der Waals surface area contributed by atoms with Crippen LogP contribution >= 0.6 is 22.9 Å². The number of ether oxygens (including phenoxy) is 1. The Morgan fingerprint density at radius 1 is 1.21 bits per heavy atom. The standard InChI is InChI=1S/C22H18ClF3N4O2S/c1-32-17-8-7-16(23)19-18(17)28-21(33-19)30(11-2-10-29-12-9-27-13-29)20(31)14-3-5-15(6-4-14)22(24,25)26/h3-9,12-13H,2,10-11H2,1H3. The van der Waals surface area contributed by atoms with E-state index in [0.717, 1.165) is 12.1 Å². The molecule has 0 spiro atoms. The van der Waals surface area contributed by atoms with Gasteiger partial charge in [0.15, 0.2) is 5.13 Å². The van der Waals surface area contributed by atoms with E-state index in [2.05, 4.69) is 9.97 Å². The number of hydrogen-bond acceptors (Lipinski definition) is 5. The summed E-state index contributed by atoms with van der Waals surface area (Å²) in [5.41, 5.74) is -0.171. The maximum absolute atomic E-state index is 13.3. The summed E-state index contributed by atoms with van der Waals surface area (Å²) in [5, 5.41) is 0.849. The molecule has 2 heterocycles. The van der Waals surface area contributed by atoms with Gasteiger partial charge < -0.3 is 9.30 Å². The summed E-state index contributed by atoms with van der Waals surface area (Å²) in [7, 11) is 1.51. The number of rotatable bonds is 7. The van der Waals surface area contributed by atoms with Crippen molar-refractivity contribution in [3.63, 3.8) is 0 Å². The van der Waals surface area contributed by atoms with E-state index in [-0.39, 0.29) is 12.1 Å². The van der Waals surface area contributed by atoms with E-state index in [4.69, 9.17) is 16.3 Å². The number of methoxy groups -OCH3 is 1. The highest BCUT2D eigenvalue weighted by Crippen LogP contribution is 2.39. The Morgan fingerprint density at radius 2 is 1.97 bits per heavy atom. The fraction of sp³-hybridized carbons (Fsp3) is 0.227. The molecule has 0 aliphatic rings. The minimum atomic E-state index is -4.48. The Morgan fingerprint density at radius 3 is 2.61 bits per heavy atom. The lowest BCUT2D eigenvalue weighted by molar-refractivity contribution is -0.137. The predicted octanol–water partition coefficient (Wildman–Crippen LogP) is 5.91. The van der Waals surface area contributed by atoms with Gasteiger partial charge in [-0.1, -0.05) is 22.9 Å². The summed E-state index contributed by atoms with van der Waals surface area (Å²) in [6.45, 7) is 0.892. The number of aryl methyl sites for hydroxylation is 1. The van der Waals surface area contributed by atoms with Gasteiger partial charge in [-0.25, -0.2) is 9.97 Å². The van der Waals surface area contributed by atoms with Crippen LogP contribution < -0.4 is 9.64 Å². The van der Waals surface area contributed by atoms with Gasteiger partial charge >= 0.3 is 6.18 Å². The Hall–Kier alpha value is -3.11. The molecule has 172 valence electrons. The van der Waals surface area contributed by atoms with E-state index in [1.165, 1.54) is 35.5 Å². The maximum Gasteiger partial charge on any atom is 0.416 e. The average molecular weight is 495 g/mol. The van der Waals surface area contributed by atoms with Crippen LogP contribution in [0, 0.1) is 0 Å². The van der Waals surface area contributed by atoms with Gasteiger partial charge in [0.05, 0.1) is 28.7 Å². The zero-order chi connectivity index (χ0) is 23.6.